The van der Waals surface area contributed by atoms with Crippen LogP contribution in [0.5, 0.6) is 0 Å². The van der Waals surface area contributed by atoms with E-state index in [9.17, 15) is 0 Å². The van der Waals surface area contributed by atoms with Gasteiger partial charge in [-0.3, -0.25) is 0 Å². The average molecular weight is 227 g/mol. The van der Waals surface area contributed by atoms with Gasteiger partial charge >= 0.3 is 0 Å². The molecule has 0 aliphatic heterocycles. The third-order valence-corrected chi connectivity index (χ3v) is 3.56. The van der Waals surface area contributed by atoms with Gasteiger partial charge in [-0.05, 0) is 35.6 Å². The zero-order valence-corrected chi connectivity index (χ0v) is 9.45. The van der Waals surface area contributed by atoms with E-state index in [0.29, 0.717) is 0 Å². The van der Waals surface area contributed by atoms with Crippen molar-refractivity contribution in [3.63, 3.8) is 0 Å². The van der Waals surface area contributed by atoms with Crippen LogP contribution in [-0.2, 0) is 13.0 Å². The molecule has 1 aromatic heterocycles. The van der Waals surface area contributed by atoms with Gasteiger partial charge in [-0.25, -0.2) is 0 Å². The summed E-state index contributed by atoms with van der Waals surface area (Å²) in [5, 5.41) is 11.1. The highest BCUT2D eigenvalue weighted by Gasteiger charge is 2.06. The summed E-state index contributed by atoms with van der Waals surface area (Å²) in [5.41, 5.74) is 1.25. The van der Waals surface area contributed by atoms with Crippen molar-refractivity contribution in [2.45, 2.75) is 20.0 Å². The predicted molar refractivity (Wildman–Crippen MR) is 62.1 cm³/mol. The molecule has 1 heterocycles. The van der Waals surface area contributed by atoms with Crippen molar-refractivity contribution in [3.05, 3.63) is 33.7 Å². The van der Waals surface area contributed by atoms with E-state index in [2.05, 4.69) is 13.0 Å². The predicted octanol–water partition coefficient (Wildman–Crippen LogP) is 3.61. The second-order valence-electron chi connectivity index (χ2n) is 3.20. The Bertz CT molecular complexity index is 462. The summed E-state index contributed by atoms with van der Waals surface area (Å²) >= 11 is 7.61. The number of hydrogen-bond donors (Lipinski definition) is 1. The minimum atomic E-state index is 0.111. The first-order chi connectivity index (χ1) is 6.74. The van der Waals surface area contributed by atoms with E-state index in [4.69, 9.17) is 16.7 Å². The Balaban J connectivity index is 2.71. The van der Waals surface area contributed by atoms with Crippen LogP contribution in [0.25, 0.3) is 10.1 Å². The number of fused-ring (bicyclic) bond motifs is 1. The summed E-state index contributed by atoms with van der Waals surface area (Å²) in [6.45, 7) is 2.22. The zero-order valence-electron chi connectivity index (χ0n) is 7.88. The standard InChI is InChI=1S/C11H11ClOS/c1-2-7-3-8(12)4-11-10(7)5-9(6-13)14-11/h3-5,13H,2,6H2,1H3. The van der Waals surface area contributed by atoms with Crippen molar-refractivity contribution in [1.82, 2.24) is 0 Å². The summed E-state index contributed by atoms with van der Waals surface area (Å²) < 4.78 is 1.17. The molecule has 74 valence electrons. The fraction of sp³-hybridized carbons (Fsp3) is 0.273. The Morgan fingerprint density at radius 3 is 2.79 bits per heavy atom. The van der Waals surface area contributed by atoms with Gasteiger partial charge in [0.05, 0.1) is 6.61 Å². The summed E-state index contributed by atoms with van der Waals surface area (Å²) in [4.78, 5) is 0.997. The molecule has 0 aliphatic rings. The molecular formula is C11H11ClOS. The Morgan fingerprint density at radius 1 is 1.36 bits per heavy atom. The second kappa shape index (κ2) is 3.89. The quantitative estimate of drug-likeness (QED) is 0.830. The minimum absolute atomic E-state index is 0.111. The van der Waals surface area contributed by atoms with Gasteiger partial charge in [-0.15, -0.1) is 11.3 Å². The molecule has 1 nitrogen and oxygen atoms in total. The lowest BCUT2D eigenvalue weighted by Gasteiger charge is -1.99. The first kappa shape index (κ1) is 9.97. The van der Waals surface area contributed by atoms with E-state index in [1.165, 1.54) is 15.6 Å². The fourth-order valence-corrected chi connectivity index (χ4v) is 2.91. The van der Waals surface area contributed by atoms with E-state index in [-0.39, 0.29) is 6.61 Å². The lowest BCUT2D eigenvalue weighted by molar-refractivity contribution is 0.285. The van der Waals surface area contributed by atoms with E-state index >= 15 is 0 Å². The molecule has 2 rings (SSSR count). The highest BCUT2D eigenvalue weighted by atomic mass is 35.5. The topological polar surface area (TPSA) is 20.2 Å². The van der Waals surface area contributed by atoms with Gasteiger partial charge in [-0.2, -0.15) is 0 Å². The highest BCUT2D eigenvalue weighted by molar-refractivity contribution is 7.19. The molecule has 1 aromatic carbocycles. The van der Waals surface area contributed by atoms with Crippen LogP contribution in [0.1, 0.15) is 17.4 Å². The number of halogens is 1. The van der Waals surface area contributed by atoms with Crippen LogP contribution in [0.4, 0.5) is 0 Å². The van der Waals surface area contributed by atoms with E-state index in [0.717, 1.165) is 16.3 Å². The van der Waals surface area contributed by atoms with Crippen LogP contribution in [0.3, 0.4) is 0 Å². The third-order valence-electron chi connectivity index (χ3n) is 2.28. The number of benzene rings is 1. The van der Waals surface area contributed by atoms with Gasteiger partial charge in [0.1, 0.15) is 0 Å². The van der Waals surface area contributed by atoms with Gasteiger partial charge in [0, 0.05) is 14.6 Å². The summed E-state index contributed by atoms with van der Waals surface area (Å²) in [6, 6.07) is 6.01. The molecule has 0 radical (unpaired) electrons. The average Bonchev–Trinajstić information content (AvgIpc) is 2.59. The fourth-order valence-electron chi connectivity index (χ4n) is 1.60. The summed E-state index contributed by atoms with van der Waals surface area (Å²) in [7, 11) is 0. The Labute approximate surface area is 91.9 Å². The van der Waals surface area contributed by atoms with Crippen LogP contribution in [0, 0.1) is 0 Å². The molecule has 0 bridgehead atoms. The molecule has 0 atom stereocenters. The normalized spacial score (nSPS) is 11.1. The molecule has 0 saturated carbocycles. The van der Waals surface area contributed by atoms with E-state index < -0.39 is 0 Å². The van der Waals surface area contributed by atoms with Crippen molar-refractivity contribution in [1.29, 1.82) is 0 Å². The Kier molecular flexibility index (Phi) is 2.77. The second-order valence-corrected chi connectivity index (χ2v) is 4.81. The van der Waals surface area contributed by atoms with Crippen LogP contribution in [-0.4, -0.2) is 5.11 Å². The van der Waals surface area contributed by atoms with Crippen LogP contribution in [0.2, 0.25) is 5.02 Å². The SMILES string of the molecule is CCc1cc(Cl)cc2sc(CO)cc12. The highest BCUT2D eigenvalue weighted by Crippen LogP contribution is 2.31. The molecule has 3 heteroatoms. The van der Waals surface area contributed by atoms with Crippen LogP contribution < -0.4 is 0 Å². The van der Waals surface area contributed by atoms with Gasteiger partial charge < -0.3 is 5.11 Å². The van der Waals surface area contributed by atoms with Crippen molar-refractivity contribution < 1.29 is 5.11 Å². The Hall–Kier alpha value is -0.570. The maximum absolute atomic E-state index is 9.05. The molecule has 0 spiro atoms. The molecule has 0 unspecified atom stereocenters. The number of rotatable bonds is 2. The summed E-state index contributed by atoms with van der Waals surface area (Å²) in [5.74, 6) is 0. The number of aliphatic hydroxyl groups excluding tert-OH is 1. The Morgan fingerprint density at radius 2 is 2.14 bits per heavy atom. The first-order valence-electron chi connectivity index (χ1n) is 4.56. The van der Waals surface area contributed by atoms with Crippen LogP contribution >= 0.6 is 22.9 Å². The molecule has 1 N–H and O–H groups in total. The van der Waals surface area contributed by atoms with Crippen LogP contribution in [0.15, 0.2) is 18.2 Å². The molecule has 0 saturated heterocycles. The number of aryl methyl sites for hydroxylation is 1. The molecule has 14 heavy (non-hydrogen) atoms. The van der Waals surface area contributed by atoms with E-state index in [1.54, 1.807) is 11.3 Å². The van der Waals surface area contributed by atoms with Gasteiger partial charge in [-0.1, -0.05) is 18.5 Å². The molecular weight excluding hydrogens is 216 g/mol. The number of hydrogen-bond acceptors (Lipinski definition) is 2. The number of aliphatic hydroxyl groups is 1. The largest absolute Gasteiger partial charge is 0.391 e. The van der Waals surface area contributed by atoms with Crippen molar-refractivity contribution >= 4 is 33.0 Å². The first-order valence-corrected chi connectivity index (χ1v) is 5.75. The maximum atomic E-state index is 9.05. The molecule has 0 aliphatic carbocycles. The van der Waals surface area contributed by atoms with Gasteiger partial charge in [0.25, 0.3) is 0 Å². The van der Waals surface area contributed by atoms with Gasteiger partial charge in [0.2, 0.25) is 0 Å². The molecule has 0 amide bonds. The van der Waals surface area contributed by atoms with Crippen molar-refractivity contribution in [2.75, 3.05) is 0 Å². The maximum Gasteiger partial charge on any atom is 0.0774 e. The van der Waals surface area contributed by atoms with Gasteiger partial charge in [0.15, 0.2) is 0 Å². The smallest absolute Gasteiger partial charge is 0.0774 e. The molecule has 0 fully saturated rings. The van der Waals surface area contributed by atoms with E-state index in [1.807, 2.05) is 12.1 Å². The lowest BCUT2D eigenvalue weighted by Crippen LogP contribution is -1.80. The molecule has 2 aromatic rings. The van der Waals surface area contributed by atoms with Crippen molar-refractivity contribution in [3.8, 4) is 0 Å². The monoisotopic (exact) mass is 226 g/mol. The van der Waals surface area contributed by atoms with Crippen molar-refractivity contribution in [2.24, 2.45) is 0 Å². The lowest BCUT2D eigenvalue weighted by atomic mass is 10.1. The minimum Gasteiger partial charge on any atom is -0.391 e. The zero-order chi connectivity index (χ0) is 10.1. The summed E-state index contributed by atoms with van der Waals surface area (Å²) in [6.07, 6.45) is 0.971. The third kappa shape index (κ3) is 1.65. The number of thiophene rings is 1.